The van der Waals surface area contributed by atoms with Gasteiger partial charge in [-0.05, 0) is 5.92 Å². The first-order chi connectivity index (χ1) is 7.34. The molecule has 0 aliphatic carbocycles. The predicted molar refractivity (Wildman–Crippen MR) is 63.8 cm³/mol. The van der Waals surface area contributed by atoms with Gasteiger partial charge in [-0.3, -0.25) is 9.59 Å². The Kier molecular flexibility index (Phi) is 6.76. The zero-order valence-corrected chi connectivity index (χ0v) is 10.3. The van der Waals surface area contributed by atoms with Gasteiger partial charge in [0.25, 0.3) is 0 Å². The summed E-state index contributed by atoms with van der Waals surface area (Å²) in [5.41, 5.74) is 5.59. The number of hydrogen-bond donors (Lipinski definition) is 3. The predicted octanol–water partition coefficient (Wildman–Crippen LogP) is -0.0454. The Labute approximate surface area is 100 Å². The van der Waals surface area contributed by atoms with Crippen LogP contribution >= 0.6 is 11.6 Å². The average Bonchev–Trinajstić information content (AvgIpc) is 2.21. The third kappa shape index (κ3) is 6.42. The first-order valence-corrected chi connectivity index (χ1v) is 5.35. The van der Waals surface area contributed by atoms with E-state index in [-0.39, 0.29) is 30.8 Å². The van der Waals surface area contributed by atoms with Gasteiger partial charge < -0.3 is 16.4 Å². The topological polar surface area (TPSA) is 84.2 Å². The molecule has 1 atom stereocenters. The molecule has 0 aliphatic heterocycles. The third-order valence-electron chi connectivity index (χ3n) is 1.92. The fraction of sp³-hybridized carbons (Fsp3) is 0.600. The van der Waals surface area contributed by atoms with Crippen LogP contribution < -0.4 is 16.4 Å². The highest BCUT2D eigenvalue weighted by Gasteiger charge is 2.17. The molecule has 4 N–H and O–H groups in total. The van der Waals surface area contributed by atoms with Gasteiger partial charge in [0, 0.05) is 5.03 Å². The molecule has 0 radical (unpaired) electrons. The minimum absolute atomic E-state index is 0.0330. The average molecular weight is 248 g/mol. The van der Waals surface area contributed by atoms with Crippen molar-refractivity contribution in [3.05, 3.63) is 11.6 Å². The third-order valence-corrected chi connectivity index (χ3v) is 2.06. The maximum atomic E-state index is 11.4. The number of hydrogen-bond acceptors (Lipinski definition) is 3. The molecule has 5 nitrogen and oxygen atoms in total. The molecule has 92 valence electrons. The van der Waals surface area contributed by atoms with Crippen LogP contribution in [0.4, 0.5) is 0 Å². The summed E-state index contributed by atoms with van der Waals surface area (Å²) in [7, 11) is 0. The Morgan fingerprint density at radius 2 is 1.88 bits per heavy atom. The Morgan fingerprint density at radius 3 is 2.31 bits per heavy atom. The summed E-state index contributed by atoms with van der Waals surface area (Å²) < 4.78 is 0. The number of carbonyl (C=O) groups is 2. The fourth-order valence-electron chi connectivity index (χ4n) is 0.845. The van der Waals surface area contributed by atoms with Crippen molar-refractivity contribution >= 4 is 23.4 Å². The van der Waals surface area contributed by atoms with Crippen LogP contribution in [0, 0.1) is 5.92 Å². The van der Waals surface area contributed by atoms with Gasteiger partial charge >= 0.3 is 0 Å². The van der Waals surface area contributed by atoms with Gasteiger partial charge in [0.05, 0.1) is 19.1 Å². The molecule has 2 amide bonds. The van der Waals surface area contributed by atoms with E-state index in [2.05, 4.69) is 17.2 Å². The van der Waals surface area contributed by atoms with Crippen molar-refractivity contribution in [2.45, 2.75) is 19.9 Å². The van der Waals surface area contributed by atoms with Crippen LogP contribution in [0.1, 0.15) is 13.8 Å². The summed E-state index contributed by atoms with van der Waals surface area (Å²) in [6, 6.07) is -0.601. The normalized spacial score (nSPS) is 12.1. The fourth-order valence-corrected chi connectivity index (χ4v) is 0.912. The number of nitrogens with one attached hydrogen (secondary N) is 2. The minimum Gasteiger partial charge on any atom is -0.350 e. The molecule has 0 rings (SSSR count). The van der Waals surface area contributed by atoms with Gasteiger partial charge in [0.2, 0.25) is 11.8 Å². The summed E-state index contributed by atoms with van der Waals surface area (Å²) >= 11 is 5.46. The SMILES string of the molecule is C=C(Cl)CNC(=O)CNC(=O)[C@@H](N)C(C)C. The quantitative estimate of drug-likeness (QED) is 0.616. The highest BCUT2D eigenvalue weighted by Crippen LogP contribution is 1.97. The lowest BCUT2D eigenvalue weighted by Gasteiger charge is -2.15. The summed E-state index contributed by atoms with van der Waals surface area (Å²) in [6.07, 6.45) is 0. The van der Waals surface area contributed by atoms with Crippen molar-refractivity contribution in [2.75, 3.05) is 13.1 Å². The van der Waals surface area contributed by atoms with E-state index in [1.165, 1.54) is 0 Å². The molecule has 16 heavy (non-hydrogen) atoms. The monoisotopic (exact) mass is 247 g/mol. The van der Waals surface area contributed by atoms with Crippen molar-refractivity contribution < 1.29 is 9.59 Å². The molecule has 0 heterocycles. The van der Waals surface area contributed by atoms with E-state index in [1.807, 2.05) is 13.8 Å². The smallest absolute Gasteiger partial charge is 0.239 e. The van der Waals surface area contributed by atoms with Crippen LogP contribution in [-0.4, -0.2) is 30.9 Å². The van der Waals surface area contributed by atoms with Crippen LogP contribution in [0.15, 0.2) is 11.6 Å². The van der Waals surface area contributed by atoms with E-state index < -0.39 is 6.04 Å². The molecule has 0 aromatic rings. The zero-order chi connectivity index (χ0) is 12.7. The van der Waals surface area contributed by atoms with Crippen molar-refractivity contribution in [1.29, 1.82) is 0 Å². The highest BCUT2D eigenvalue weighted by molar-refractivity contribution is 6.29. The minimum atomic E-state index is -0.601. The van der Waals surface area contributed by atoms with Crippen LogP contribution in [-0.2, 0) is 9.59 Å². The number of rotatable bonds is 6. The molecule has 0 aromatic carbocycles. The molecule has 0 bridgehead atoms. The Bertz CT molecular complexity index is 279. The lowest BCUT2D eigenvalue weighted by molar-refractivity contribution is -0.127. The molecule has 6 heteroatoms. The molecule has 0 aromatic heterocycles. The number of halogens is 1. The second-order valence-electron chi connectivity index (χ2n) is 3.78. The van der Waals surface area contributed by atoms with E-state index in [0.717, 1.165) is 0 Å². The van der Waals surface area contributed by atoms with E-state index in [4.69, 9.17) is 17.3 Å². The molecular weight excluding hydrogens is 230 g/mol. The van der Waals surface area contributed by atoms with Crippen molar-refractivity contribution in [2.24, 2.45) is 11.7 Å². The first-order valence-electron chi connectivity index (χ1n) is 4.98. The van der Waals surface area contributed by atoms with Gasteiger partial charge in [0.15, 0.2) is 0 Å². The summed E-state index contributed by atoms with van der Waals surface area (Å²) in [5.74, 6) is -0.633. The molecule has 0 unspecified atom stereocenters. The van der Waals surface area contributed by atoms with E-state index in [9.17, 15) is 9.59 Å². The van der Waals surface area contributed by atoms with Crippen molar-refractivity contribution in [1.82, 2.24) is 10.6 Å². The number of carbonyl (C=O) groups excluding carboxylic acids is 2. The van der Waals surface area contributed by atoms with Crippen molar-refractivity contribution in [3.63, 3.8) is 0 Å². The zero-order valence-electron chi connectivity index (χ0n) is 9.55. The van der Waals surface area contributed by atoms with Crippen molar-refractivity contribution in [3.8, 4) is 0 Å². The number of nitrogens with two attached hydrogens (primary N) is 1. The second kappa shape index (κ2) is 7.24. The lowest BCUT2D eigenvalue weighted by Crippen LogP contribution is -2.47. The molecule has 0 spiro atoms. The molecular formula is C10H18ClN3O2. The van der Waals surface area contributed by atoms with Crippen LogP contribution in [0.3, 0.4) is 0 Å². The van der Waals surface area contributed by atoms with Gasteiger partial charge in [0.1, 0.15) is 0 Å². The lowest BCUT2D eigenvalue weighted by atomic mass is 10.1. The largest absolute Gasteiger partial charge is 0.350 e. The van der Waals surface area contributed by atoms with Gasteiger partial charge in [-0.25, -0.2) is 0 Å². The van der Waals surface area contributed by atoms with Crippen LogP contribution in [0.25, 0.3) is 0 Å². The van der Waals surface area contributed by atoms with E-state index in [0.29, 0.717) is 5.03 Å². The first kappa shape index (κ1) is 14.9. The van der Waals surface area contributed by atoms with E-state index >= 15 is 0 Å². The maximum absolute atomic E-state index is 11.4. The summed E-state index contributed by atoms with van der Waals surface area (Å²) in [4.78, 5) is 22.5. The number of amides is 2. The van der Waals surface area contributed by atoms with Gasteiger partial charge in [-0.15, -0.1) is 0 Å². The van der Waals surface area contributed by atoms with Crippen LogP contribution in [0.2, 0.25) is 0 Å². The molecule has 0 saturated carbocycles. The van der Waals surface area contributed by atoms with Crippen LogP contribution in [0.5, 0.6) is 0 Å². The molecule has 0 saturated heterocycles. The maximum Gasteiger partial charge on any atom is 0.239 e. The molecule has 0 fully saturated rings. The second-order valence-corrected chi connectivity index (χ2v) is 4.32. The Morgan fingerprint density at radius 1 is 1.31 bits per heavy atom. The highest BCUT2D eigenvalue weighted by atomic mass is 35.5. The standard InChI is InChI=1S/C10H18ClN3O2/c1-6(2)9(12)10(16)14-5-8(15)13-4-7(3)11/h6,9H,3-5,12H2,1-2H3,(H,13,15)(H,14,16)/t9-/m0/s1. The van der Waals surface area contributed by atoms with Gasteiger partial charge in [-0.1, -0.05) is 32.0 Å². The Balaban J connectivity index is 3.83. The Hall–Kier alpha value is -1.07. The summed E-state index contributed by atoms with van der Waals surface area (Å²) in [6.45, 7) is 7.17. The summed E-state index contributed by atoms with van der Waals surface area (Å²) in [5, 5.41) is 5.25. The molecule has 0 aliphatic rings. The van der Waals surface area contributed by atoms with Gasteiger partial charge in [-0.2, -0.15) is 0 Å². The van der Waals surface area contributed by atoms with E-state index in [1.54, 1.807) is 0 Å².